The van der Waals surface area contributed by atoms with Gasteiger partial charge >= 0.3 is 0 Å². The van der Waals surface area contributed by atoms with Gasteiger partial charge in [-0.25, -0.2) is 0 Å². The van der Waals surface area contributed by atoms with Crippen LogP contribution in [0.4, 0.5) is 0 Å². The van der Waals surface area contributed by atoms with E-state index in [0.717, 1.165) is 31.4 Å². The van der Waals surface area contributed by atoms with Gasteiger partial charge in [-0.15, -0.1) is 0 Å². The van der Waals surface area contributed by atoms with Crippen LogP contribution < -0.4 is 5.32 Å². The molecule has 1 N–H and O–H groups in total. The van der Waals surface area contributed by atoms with Crippen LogP contribution in [0.15, 0.2) is 22.8 Å². The van der Waals surface area contributed by atoms with Crippen LogP contribution in [0.1, 0.15) is 44.8 Å². The number of amides is 2. The Morgan fingerprint density at radius 1 is 1.40 bits per heavy atom. The van der Waals surface area contributed by atoms with Gasteiger partial charge in [0.15, 0.2) is 0 Å². The van der Waals surface area contributed by atoms with Gasteiger partial charge in [0.2, 0.25) is 11.8 Å². The van der Waals surface area contributed by atoms with Gasteiger partial charge in [0.25, 0.3) is 0 Å². The molecule has 0 bridgehead atoms. The molecule has 3 rings (SSSR count). The number of carbonyl (C=O) groups is 2. The third kappa shape index (κ3) is 2.01. The van der Waals surface area contributed by atoms with Crippen LogP contribution in [-0.4, -0.2) is 28.3 Å². The van der Waals surface area contributed by atoms with Crippen LogP contribution in [0, 0.1) is 0 Å². The highest BCUT2D eigenvalue weighted by Gasteiger charge is 2.51. The van der Waals surface area contributed by atoms with E-state index in [0.29, 0.717) is 13.0 Å². The number of piperazine rings is 1. The van der Waals surface area contributed by atoms with Crippen LogP contribution in [-0.2, 0) is 16.1 Å². The average molecular weight is 276 g/mol. The van der Waals surface area contributed by atoms with Gasteiger partial charge in [0.05, 0.1) is 12.8 Å². The third-order valence-electron chi connectivity index (χ3n) is 4.46. The summed E-state index contributed by atoms with van der Waals surface area (Å²) in [7, 11) is 0. The first-order valence-electron chi connectivity index (χ1n) is 7.32. The predicted octanol–water partition coefficient (Wildman–Crippen LogP) is 1.83. The van der Waals surface area contributed by atoms with E-state index in [1.807, 2.05) is 13.0 Å². The van der Waals surface area contributed by atoms with E-state index >= 15 is 0 Å². The minimum atomic E-state index is -0.657. The molecule has 1 aromatic rings. The topological polar surface area (TPSA) is 62.6 Å². The Morgan fingerprint density at radius 2 is 2.15 bits per heavy atom. The summed E-state index contributed by atoms with van der Waals surface area (Å²) >= 11 is 0. The third-order valence-corrected chi connectivity index (χ3v) is 4.46. The van der Waals surface area contributed by atoms with Gasteiger partial charge in [0.1, 0.15) is 17.3 Å². The van der Waals surface area contributed by atoms with E-state index < -0.39 is 5.54 Å². The highest BCUT2D eigenvalue weighted by atomic mass is 16.3. The van der Waals surface area contributed by atoms with Gasteiger partial charge in [-0.1, -0.05) is 19.8 Å². The lowest BCUT2D eigenvalue weighted by atomic mass is 9.90. The molecule has 2 fully saturated rings. The molecular weight excluding hydrogens is 256 g/mol. The van der Waals surface area contributed by atoms with E-state index in [9.17, 15) is 9.59 Å². The van der Waals surface area contributed by atoms with E-state index in [1.54, 1.807) is 17.2 Å². The average Bonchev–Trinajstić information content (AvgIpc) is 3.08. The van der Waals surface area contributed by atoms with Crippen molar-refractivity contribution in [2.75, 3.05) is 0 Å². The molecule has 2 amide bonds. The number of hydrogen-bond donors (Lipinski definition) is 1. The van der Waals surface area contributed by atoms with Crippen molar-refractivity contribution in [3.05, 3.63) is 24.2 Å². The normalized spacial score (nSPS) is 25.2. The Labute approximate surface area is 118 Å². The summed E-state index contributed by atoms with van der Waals surface area (Å²) in [5.74, 6) is 0.748. The molecule has 1 unspecified atom stereocenters. The Bertz CT molecular complexity index is 503. The van der Waals surface area contributed by atoms with Crippen molar-refractivity contribution >= 4 is 11.8 Å². The molecule has 20 heavy (non-hydrogen) atoms. The van der Waals surface area contributed by atoms with E-state index in [4.69, 9.17) is 4.42 Å². The predicted molar refractivity (Wildman–Crippen MR) is 72.7 cm³/mol. The van der Waals surface area contributed by atoms with Crippen LogP contribution >= 0.6 is 0 Å². The Balaban J connectivity index is 1.89. The van der Waals surface area contributed by atoms with Gasteiger partial charge in [0, 0.05) is 0 Å². The van der Waals surface area contributed by atoms with E-state index in [2.05, 4.69) is 5.32 Å². The second-order valence-corrected chi connectivity index (χ2v) is 5.71. The largest absolute Gasteiger partial charge is 0.467 e. The Morgan fingerprint density at radius 3 is 2.75 bits per heavy atom. The number of nitrogens with one attached hydrogen (secondary N) is 1. The zero-order valence-corrected chi connectivity index (χ0v) is 11.7. The molecule has 0 radical (unpaired) electrons. The molecule has 1 saturated carbocycles. The highest BCUT2D eigenvalue weighted by Crippen LogP contribution is 2.35. The summed E-state index contributed by atoms with van der Waals surface area (Å²) in [6.45, 7) is 2.30. The molecule has 2 aliphatic rings. The zero-order valence-electron chi connectivity index (χ0n) is 11.7. The lowest BCUT2D eigenvalue weighted by molar-refractivity contribution is -0.156. The smallest absolute Gasteiger partial charge is 0.249 e. The molecule has 1 spiro atoms. The number of rotatable bonds is 3. The fraction of sp³-hybridized carbons (Fsp3) is 0.600. The Hall–Kier alpha value is -1.78. The zero-order chi connectivity index (χ0) is 14.2. The number of hydrogen-bond acceptors (Lipinski definition) is 3. The second-order valence-electron chi connectivity index (χ2n) is 5.71. The first-order chi connectivity index (χ1) is 9.66. The number of nitrogens with zero attached hydrogens (tertiary/aromatic N) is 1. The van der Waals surface area contributed by atoms with Crippen LogP contribution in [0.3, 0.4) is 0 Å². The minimum absolute atomic E-state index is 0.0273. The summed E-state index contributed by atoms with van der Waals surface area (Å²) in [6.07, 6.45) is 5.71. The molecular formula is C15H20N2O3. The lowest BCUT2D eigenvalue weighted by Gasteiger charge is -2.44. The Kier molecular flexibility index (Phi) is 3.28. The molecule has 5 heteroatoms. The van der Waals surface area contributed by atoms with E-state index in [-0.39, 0.29) is 17.9 Å². The molecule has 1 aromatic heterocycles. The maximum absolute atomic E-state index is 12.9. The number of furan rings is 1. The van der Waals surface area contributed by atoms with Crippen molar-refractivity contribution in [1.82, 2.24) is 10.2 Å². The van der Waals surface area contributed by atoms with Crippen molar-refractivity contribution in [1.29, 1.82) is 0 Å². The molecule has 1 atom stereocenters. The summed E-state index contributed by atoms with van der Waals surface area (Å²) in [5.41, 5.74) is -0.657. The van der Waals surface area contributed by atoms with Crippen LogP contribution in [0.25, 0.3) is 0 Å². The summed E-state index contributed by atoms with van der Waals surface area (Å²) in [4.78, 5) is 26.9. The van der Waals surface area contributed by atoms with Crippen molar-refractivity contribution in [2.45, 2.75) is 57.2 Å². The molecule has 1 aliphatic heterocycles. The van der Waals surface area contributed by atoms with Gasteiger partial charge in [-0.2, -0.15) is 0 Å². The summed E-state index contributed by atoms with van der Waals surface area (Å²) < 4.78 is 5.34. The number of carbonyl (C=O) groups excluding carboxylic acids is 2. The standard InChI is InChI=1S/C15H20N2O3/c1-2-12-13(18)16-15(7-3-4-8-15)14(19)17(12)10-11-6-5-9-20-11/h5-6,9,12H,2-4,7-8,10H2,1H3,(H,16,18). The SMILES string of the molecule is CCC1C(=O)NC2(CCCC2)C(=O)N1Cc1ccco1. The fourth-order valence-corrected chi connectivity index (χ4v) is 3.41. The van der Waals surface area contributed by atoms with Gasteiger partial charge in [-0.3, -0.25) is 9.59 Å². The highest BCUT2D eigenvalue weighted by molar-refractivity contribution is 6.00. The second kappa shape index (κ2) is 4.96. The molecule has 2 heterocycles. The van der Waals surface area contributed by atoms with Gasteiger partial charge < -0.3 is 14.6 Å². The van der Waals surface area contributed by atoms with Crippen molar-refractivity contribution in [2.24, 2.45) is 0 Å². The van der Waals surface area contributed by atoms with E-state index in [1.165, 1.54) is 0 Å². The first kappa shape index (κ1) is 13.2. The van der Waals surface area contributed by atoms with Crippen LogP contribution in [0.5, 0.6) is 0 Å². The molecule has 0 aromatic carbocycles. The monoisotopic (exact) mass is 276 g/mol. The molecule has 108 valence electrons. The lowest BCUT2D eigenvalue weighted by Crippen LogP contribution is -2.69. The van der Waals surface area contributed by atoms with Crippen LogP contribution in [0.2, 0.25) is 0 Å². The molecule has 1 saturated heterocycles. The molecule has 5 nitrogen and oxygen atoms in total. The quantitative estimate of drug-likeness (QED) is 0.916. The summed E-state index contributed by atoms with van der Waals surface area (Å²) in [5, 5.41) is 2.99. The first-order valence-corrected chi connectivity index (χ1v) is 7.32. The van der Waals surface area contributed by atoms with Gasteiger partial charge in [-0.05, 0) is 31.4 Å². The minimum Gasteiger partial charge on any atom is -0.467 e. The summed E-state index contributed by atoms with van der Waals surface area (Å²) in [6, 6.07) is 3.25. The maximum atomic E-state index is 12.9. The van der Waals surface area contributed by atoms with Crippen molar-refractivity contribution in [3.8, 4) is 0 Å². The fourth-order valence-electron chi connectivity index (χ4n) is 3.41. The maximum Gasteiger partial charge on any atom is 0.249 e. The molecule has 1 aliphatic carbocycles. The van der Waals surface area contributed by atoms with Crippen molar-refractivity contribution in [3.63, 3.8) is 0 Å². The van der Waals surface area contributed by atoms with Crippen molar-refractivity contribution < 1.29 is 14.0 Å².